The Morgan fingerprint density at radius 3 is 3.00 bits per heavy atom. The van der Waals surface area contributed by atoms with E-state index in [4.69, 9.17) is 16.7 Å². The number of nitrogens with one attached hydrogen (secondary N) is 1. The molecular formula is C9H9Cl2NO3. The van der Waals surface area contributed by atoms with Crippen LogP contribution < -0.4 is 5.32 Å². The van der Waals surface area contributed by atoms with Gasteiger partial charge in [0.1, 0.15) is 0 Å². The molecule has 0 amide bonds. The maximum atomic E-state index is 10.3. The molecule has 2 N–H and O–H groups in total. The fraction of sp³-hybridized carbons (Fsp3) is 0.222. The topological polar surface area (TPSA) is 58.6 Å². The first kappa shape index (κ1) is 11.9. The van der Waals surface area contributed by atoms with Crippen LogP contribution in [0.15, 0.2) is 18.2 Å². The van der Waals surface area contributed by atoms with Crippen molar-refractivity contribution in [1.29, 1.82) is 0 Å². The number of benzene rings is 1. The van der Waals surface area contributed by atoms with Crippen molar-refractivity contribution in [3.8, 4) is 0 Å². The summed E-state index contributed by atoms with van der Waals surface area (Å²) in [6.07, 6.45) is -1.26. The smallest absolute Gasteiger partial charge is 0.450 e. The lowest BCUT2D eigenvalue weighted by Crippen LogP contribution is -2.22. The molecule has 1 aromatic carbocycles. The Hall–Kier alpha value is -1.13. The van der Waals surface area contributed by atoms with E-state index in [1.807, 2.05) is 6.07 Å². The van der Waals surface area contributed by atoms with E-state index in [-0.39, 0.29) is 12.4 Å². The molecule has 1 heterocycles. The number of ether oxygens (including phenoxy) is 1. The van der Waals surface area contributed by atoms with Crippen LogP contribution in [0.25, 0.3) is 0 Å². The summed E-state index contributed by atoms with van der Waals surface area (Å²) in [7, 11) is 0. The lowest BCUT2D eigenvalue weighted by Gasteiger charge is -2.08. The van der Waals surface area contributed by atoms with E-state index in [9.17, 15) is 4.79 Å². The molecule has 15 heavy (non-hydrogen) atoms. The second-order valence-corrected chi connectivity index (χ2v) is 3.46. The molecule has 4 nitrogen and oxygen atoms in total. The van der Waals surface area contributed by atoms with E-state index in [2.05, 4.69) is 10.1 Å². The summed E-state index contributed by atoms with van der Waals surface area (Å²) in [5, 5.41) is 12.0. The molecule has 0 radical (unpaired) electrons. The van der Waals surface area contributed by atoms with Gasteiger partial charge >= 0.3 is 6.16 Å². The standard InChI is InChI=1S/C9H8ClNO3.ClH/c10-6-1-2-7-5(3-6)4-8(11-7)14-9(12)13;/h1-3,8,11H,4H2,(H,12,13);1H. The van der Waals surface area contributed by atoms with Crippen molar-refractivity contribution in [3.05, 3.63) is 28.8 Å². The van der Waals surface area contributed by atoms with Gasteiger partial charge in [-0.25, -0.2) is 4.79 Å². The van der Waals surface area contributed by atoms with Crippen LogP contribution >= 0.6 is 24.0 Å². The summed E-state index contributed by atoms with van der Waals surface area (Å²) < 4.78 is 4.60. The Kier molecular flexibility index (Phi) is 3.66. The largest absolute Gasteiger partial charge is 0.507 e. The Morgan fingerprint density at radius 2 is 2.33 bits per heavy atom. The molecule has 0 aromatic heterocycles. The highest BCUT2D eigenvalue weighted by Gasteiger charge is 2.23. The van der Waals surface area contributed by atoms with Gasteiger partial charge in [-0.2, -0.15) is 0 Å². The molecule has 0 saturated carbocycles. The maximum absolute atomic E-state index is 10.3. The minimum absolute atomic E-state index is 0. The molecule has 6 heteroatoms. The van der Waals surface area contributed by atoms with Crippen LogP contribution in [0, 0.1) is 0 Å². The first-order valence-electron chi connectivity index (χ1n) is 4.10. The summed E-state index contributed by atoms with van der Waals surface area (Å²) >= 11 is 5.79. The van der Waals surface area contributed by atoms with Gasteiger partial charge < -0.3 is 15.2 Å². The molecule has 1 aromatic rings. The van der Waals surface area contributed by atoms with Crippen molar-refractivity contribution in [3.63, 3.8) is 0 Å². The van der Waals surface area contributed by atoms with Crippen molar-refractivity contribution in [2.45, 2.75) is 12.6 Å². The number of hydrogen-bond donors (Lipinski definition) is 2. The molecule has 0 saturated heterocycles. The zero-order chi connectivity index (χ0) is 10.1. The van der Waals surface area contributed by atoms with Gasteiger partial charge in [0.05, 0.1) is 0 Å². The molecule has 1 aliphatic heterocycles. The van der Waals surface area contributed by atoms with Crippen LogP contribution in [0.5, 0.6) is 0 Å². The lowest BCUT2D eigenvalue weighted by atomic mass is 10.2. The molecule has 0 bridgehead atoms. The Balaban J connectivity index is 0.00000112. The van der Waals surface area contributed by atoms with Gasteiger partial charge in [-0.1, -0.05) is 11.6 Å². The highest BCUT2D eigenvalue weighted by Crippen LogP contribution is 2.28. The zero-order valence-corrected chi connectivity index (χ0v) is 9.14. The van der Waals surface area contributed by atoms with Crippen LogP contribution in [0.2, 0.25) is 5.02 Å². The monoisotopic (exact) mass is 249 g/mol. The number of carbonyl (C=O) groups is 1. The highest BCUT2D eigenvalue weighted by molar-refractivity contribution is 6.30. The van der Waals surface area contributed by atoms with Crippen LogP contribution in [-0.4, -0.2) is 17.5 Å². The number of rotatable bonds is 1. The summed E-state index contributed by atoms with van der Waals surface area (Å²) in [4.78, 5) is 10.3. The quantitative estimate of drug-likeness (QED) is 0.752. The molecule has 1 atom stereocenters. The predicted molar refractivity (Wildman–Crippen MR) is 58.9 cm³/mol. The average molecular weight is 250 g/mol. The van der Waals surface area contributed by atoms with Crippen LogP contribution in [0.1, 0.15) is 5.56 Å². The van der Waals surface area contributed by atoms with Gasteiger partial charge in [0.25, 0.3) is 0 Å². The molecule has 1 aliphatic rings. The summed E-state index contributed by atoms with van der Waals surface area (Å²) in [6.45, 7) is 0. The van der Waals surface area contributed by atoms with E-state index >= 15 is 0 Å². The van der Waals surface area contributed by atoms with E-state index in [0.717, 1.165) is 11.3 Å². The second-order valence-electron chi connectivity index (χ2n) is 3.02. The minimum Gasteiger partial charge on any atom is -0.450 e. The number of halogens is 2. The van der Waals surface area contributed by atoms with Crippen molar-refractivity contribution >= 4 is 35.9 Å². The predicted octanol–water partition coefficient (Wildman–Crippen LogP) is 2.75. The van der Waals surface area contributed by atoms with Crippen molar-refractivity contribution in [1.82, 2.24) is 0 Å². The van der Waals surface area contributed by atoms with Gasteiger partial charge in [0.15, 0.2) is 6.23 Å². The van der Waals surface area contributed by atoms with Gasteiger partial charge in [0, 0.05) is 17.1 Å². The van der Waals surface area contributed by atoms with E-state index < -0.39 is 12.4 Å². The summed E-state index contributed by atoms with van der Waals surface area (Å²) in [6, 6.07) is 5.36. The minimum atomic E-state index is -1.28. The Morgan fingerprint density at radius 1 is 1.60 bits per heavy atom. The Bertz CT molecular complexity index is 384. The van der Waals surface area contributed by atoms with Crippen molar-refractivity contribution in [2.75, 3.05) is 5.32 Å². The fourth-order valence-corrected chi connectivity index (χ4v) is 1.68. The fourth-order valence-electron chi connectivity index (χ4n) is 1.49. The van der Waals surface area contributed by atoms with Crippen molar-refractivity contribution < 1.29 is 14.6 Å². The molecule has 2 rings (SSSR count). The van der Waals surface area contributed by atoms with Crippen LogP contribution in [0.3, 0.4) is 0 Å². The third kappa shape index (κ3) is 2.67. The number of carboxylic acid groups (broad SMARTS) is 1. The van der Waals surface area contributed by atoms with Gasteiger partial charge in [-0.15, -0.1) is 12.4 Å². The summed E-state index contributed by atoms with van der Waals surface area (Å²) in [5.41, 5.74) is 1.85. The van der Waals surface area contributed by atoms with Gasteiger partial charge in [-0.05, 0) is 23.8 Å². The zero-order valence-electron chi connectivity index (χ0n) is 7.57. The third-order valence-electron chi connectivity index (χ3n) is 2.03. The molecule has 0 aliphatic carbocycles. The average Bonchev–Trinajstić information content (AvgIpc) is 2.44. The number of fused-ring (bicyclic) bond motifs is 1. The summed E-state index contributed by atoms with van der Waals surface area (Å²) in [5.74, 6) is 0. The SMILES string of the molecule is Cl.O=C(O)OC1Cc2cc(Cl)ccc2N1. The van der Waals surface area contributed by atoms with Gasteiger partial charge in [0.2, 0.25) is 0 Å². The van der Waals surface area contributed by atoms with E-state index in [1.165, 1.54) is 0 Å². The molecule has 82 valence electrons. The number of hydrogen-bond acceptors (Lipinski definition) is 3. The molecular weight excluding hydrogens is 241 g/mol. The third-order valence-corrected chi connectivity index (χ3v) is 2.27. The first-order chi connectivity index (χ1) is 6.65. The van der Waals surface area contributed by atoms with Crippen LogP contribution in [-0.2, 0) is 11.2 Å². The highest BCUT2D eigenvalue weighted by atomic mass is 35.5. The maximum Gasteiger partial charge on any atom is 0.507 e. The van der Waals surface area contributed by atoms with Crippen molar-refractivity contribution in [2.24, 2.45) is 0 Å². The van der Waals surface area contributed by atoms with Gasteiger partial charge in [-0.3, -0.25) is 0 Å². The van der Waals surface area contributed by atoms with E-state index in [1.54, 1.807) is 12.1 Å². The second kappa shape index (κ2) is 4.59. The Labute approximate surface area is 97.6 Å². The lowest BCUT2D eigenvalue weighted by molar-refractivity contribution is 0.0651. The molecule has 1 unspecified atom stereocenters. The molecule has 0 spiro atoms. The normalized spacial score (nSPS) is 17.3. The first-order valence-corrected chi connectivity index (χ1v) is 4.47. The number of anilines is 1. The van der Waals surface area contributed by atoms with Crippen LogP contribution in [0.4, 0.5) is 10.5 Å². The van der Waals surface area contributed by atoms with E-state index in [0.29, 0.717) is 11.4 Å². The molecule has 0 fully saturated rings.